The van der Waals surface area contributed by atoms with E-state index in [1.165, 1.54) is 4.31 Å². The Balaban J connectivity index is 1.88. The third-order valence-electron chi connectivity index (χ3n) is 3.97. The second kappa shape index (κ2) is 5.76. The number of nitrogens with zero attached hydrogens (tertiary/aromatic N) is 1. The van der Waals surface area contributed by atoms with E-state index in [-0.39, 0.29) is 36.3 Å². The molecule has 1 unspecified atom stereocenters. The zero-order valence-corrected chi connectivity index (χ0v) is 12.0. The number of aliphatic hydroxyl groups is 1. The van der Waals surface area contributed by atoms with Crippen molar-refractivity contribution in [3.63, 3.8) is 0 Å². The predicted octanol–water partition coefficient (Wildman–Crippen LogP) is -0.312. The monoisotopic (exact) mass is 290 g/mol. The Morgan fingerprint density at radius 1 is 1.42 bits per heavy atom. The number of hydrogen-bond acceptors (Lipinski definition) is 4. The van der Waals surface area contributed by atoms with Crippen molar-refractivity contribution in [3.8, 4) is 0 Å². The van der Waals surface area contributed by atoms with Crippen molar-refractivity contribution < 1.29 is 18.3 Å². The maximum absolute atomic E-state index is 12.1. The molecule has 0 aromatic heterocycles. The molecule has 0 bridgehead atoms. The third-order valence-corrected chi connectivity index (χ3v) is 5.82. The molecular formula is C12H22N2O4S. The lowest BCUT2D eigenvalue weighted by molar-refractivity contribution is -0.128. The van der Waals surface area contributed by atoms with E-state index in [9.17, 15) is 18.3 Å². The standard InChI is InChI=1S/C12H22N2O4S/c1-2-19(17,18)14-5-3-4-9(8-14)12(16)13-10-6-11(15)7-10/h9-11,15H,2-8H2,1H3,(H,13,16). The molecule has 7 heteroatoms. The van der Waals surface area contributed by atoms with Gasteiger partial charge in [0.05, 0.1) is 17.8 Å². The molecule has 0 radical (unpaired) electrons. The lowest BCUT2D eigenvalue weighted by Crippen LogP contribution is -2.51. The first-order valence-electron chi connectivity index (χ1n) is 6.88. The molecule has 0 aromatic rings. The van der Waals surface area contributed by atoms with Crippen LogP contribution in [0.3, 0.4) is 0 Å². The molecule has 2 fully saturated rings. The van der Waals surface area contributed by atoms with E-state index < -0.39 is 10.0 Å². The smallest absolute Gasteiger partial charge is 0.224 e. The fraction of sp³-hybridized carbons (Fsp3) is 0.917. The number of carbonyl (C=O) groups excluding carboxylic acids is 1. The molecule has 110 valence electrons. The molecular weight excluding hydrogens is 268 g/mol. The first kappa shape index (κ1) is 14.7. The maximum atomic E-state index is 12.1. The molecule has 1 saturated heterocycles. The Morgan fingerprint density at radius 3 is 2.68 bits per heavy atom. The van der Waals surface area contributed by atoms with Gasteiger partial charge in [0.15, 0.2) is 0 Å². The normalized spacial score (nSPS) is 32.6. The summed E-state index contributed by atoms with van der Waals surface area (Å²) < 4.78 is 25.1. The van der Waals surface area contributed by atoms with Crippen LogP contribution < -0.4 is 5.32 Å². The van der Waals surface area contributed by atoms with E-state index in [0.717, 1.165) is 12.8 Å². The number of carbonyl (C=O) groups is 1. The summed E-state index contributed by atoms with van der Waals surface area (Å²) in [5, 5.41) is 12.1. The summed E-state index contributed by atoms with van der Waals surface area (Å²) in [5.74, 6) is -0.253. The molecule has 0 aromatic carbocycles. The van der Waals surface area contributed by atoms with Crippen LogP contribution in [0.15, 0.2) is 0 Å². The van der Waals surface area contributed by atoms with Crippen LogP contribution in [-0.2, 0) is 14.8 Å². The van der Waals surface area contributed by atoms with E-state index in [4.69, 9.17) is 0 Å². The highest BCUT2D eigenvalue weighted by Gasteiger charge is 2.34. The minimum Gasteiger partial charge on any atom is -0.393 e. The first-order valence-corrected chi connectivity index (χ1v) is 8.49. The summed E-state index contributed by atoms with van der Waals surface area (Å²) in [6.07, 6.45) is 2.38. The Kier molecular flexibility index (Phi) is 4.47. The van der Waals surface area contributed by atoms with Gasteiger partial charge in [-0.05, 0) is 32.6 Å². The van der Waals surface area contributed by atoms with Crippen molar-refractivity contribution in [1.29, 1.82) is 0 Å². The highest BCUT2D eigenvalue weighted by atomic mass is 32.2. The second-order valence-corrected chi connectivity index (χ2v) is 7.69. The number of hydrogen-bond donors (Lipinski definition) is 2. The van der Waals surface area contributed by atoms with E-state index in [0.29, 0.717) is 19.4 Å². The van der Waals surface area contributed by atoms with Gasteiger partial charge in [0.25, 0.3) is 0 Å². The van der Waals surface area contributed by atoms with Crippen LogP contribution in [0.2, 0.25) is 0 Å². The quantitative estimate of drug-likeness (QED) is 0.743. The zero-order chi connectivity index (χ0) is 14.0. The lowest BCUT2D eigenvalue weighted by Gasteiger charge is -2.35. The zero-order valence-electron chi connectivity index (χ0n) is 11.2. The third kappa shape index (κ3) is 3.46. The van der Waals surface area contributed by atoms with Crippen molar-refractivity contribution in [3.05, 3.63) is 0 Å². The van der Waals surface area contributed by atoms with Crippen molar-refractivity contribution in [1.82, 2.24) is 9.62 Å². The molecule has 1 saturated carbocycles. The van der Waals surface area contributed by atoms with Crippen molar-refractivity contribution in [2.45, 2.75) is 44.8 Å². The van der Waals surface area contributed by atoms with Gasteiger partial charge in [0, 0.05) is 19.1 Å². The molecule has 1 heterocycles. The van der Waals surface area contributed by atoms with Gasteiger partial charge < -0.3 is 10.4 Å². The van der Waals surface area contributed by atoms with Crippen LogP contribution in [0.1, 0.15) is 32.6 Å². The van der Waals surface area contributed by atoms with E-state index in [2.05, 4.69) is 5.32 Å². The van der Waals surface area contributed by atoms with Gasteiger partial charge >= 0.3 is 0 Å². The summed E-state index contributed by atoms with van der Waals surface area (Å²) in [7, 11) is -3.20. The Morgan fingerprint density at radius 2 is 2.11 bits per heavy atom. The molecule has 6 nitrogen and oxygen atoms in total. The lowest BCUT2D eigenvalue weighted by atomic mass is 9.88. The van der Waals surface area contributed by atoms with Gasteiger partial charge in [-0.2, -0.15) is 0 Å². The van der Waals surface area contributed by atoms with E-state index >= 15 is 0 Å². The molecule has 2 aliphatic rings. The second-order valence-electron chi connectivity index (χ2n) is 5.43. The minimum absolute atomic E-state index is 0.0562. The average Bonchev–Trinajstić information content (AvgIpc) is 2.37. The van der Waals surface area contributed by atoms with Crippen LogP contribution in [0.25, 0.3) is 0 Å². The van der Waals surface area contributed by atoms with Gasteiger partial charge in [-0.25, -0.2) is 12.7 Å². The Labute approximate surface area is 114 Å². The van der Waals surface area contributed by atoms with Gasteiger partial charge in [0.2, 0.25) is 15.9 Å². The fourth-order valence-electron chi connectivity index (χ4n) is 2.62. The topological polar surface area (TPSA) is 86.7 Å². The summed E-state index contributed by atoms with van der Waals surface area (Å²) in [6.45, 7) is 2.42. The van der Waals surface area contributed by atoms with Crippen LogP contribution in [0.5, 0.6) is 0 Å². The van der Waals surface area contributed by atoms with E-state index in [1.54, 1.807) is 6.92 Å². The van der Waals surface area contributed by atoms with Crippen LogP contribution >= 0.6 is 0 Å². The maximum Gasteiger partial charge on any atom is 0.224 e. The van der Waals surface area contributed by atoms with Gasteiger partial charge in [-0.15, -0.1) is 0 Å². The first-order chi connectivity index (χ1) is 8.92. The predicted molar refractivity (Wildman–Crippen MR) is 70.9 cm³/mol. The number of amides is 1. The number of piperidine rings is 1. The largest absolute Gasteiger partial charge is 0.393 e. The van der Waals surface area contributed by atoms with Crippen molar-refractivity contribution in [2.75, 3.05) is 18.8 Å². The number of aliphatic hydroxyl groups excluding tert-OH is 1. The van der Waals surface area contributed by atoms with Crippen LogP contribution in [-0.4, -0.2) is 54.7 Å². The molecule has 0 spiro atoms. The molecule has 1 aliphatic heterocycles. The fourth-order valence-corrected chi connectivity index (χ4v) is 3.80. The minimum atomic E-state index is -3.20. The van der Waals surface area contributed by atoms with Gasteiger partial charge in [0.1, 0.15) is 0 Å². The summed E-state index contributed by atoms with van der Waals surface area (Å²) in [5.41, 5.74) is 0. The average molecular weight is 290 g/mol. The summed E-state index contributed by atoms with van der Waals surface area (Å²) in [4.78, 5) is 12.1. The Bertz CT molecular complexity index is 431. The highest BCUT2D eigenvalue weighted by Crippen LogP contribution is 2.23. The summed E-state index contributed by atoms with van der Waals surface area (Å²) in [6, 6.07) is 0.0562. The highest BCUT2D eigenvalue weighted by molar-refractivity contribution is 7.89. The number of rotatable bonds is 4. The summed E-state index contributed by atoms with van der Waals surface area (Å²) >= 11 is 0. The molecule has 1 atom stereocenters. The van der Waals surface area contributed by atoms with Crippen molar-refractivity contribution >= 4 is 15.9 Å². The number of nitrogens with one attached hydrogen (secondary N) is 1. The molecule has 1 amide bonds. The van der Waals surface area contributed by atoms with Crippen LogP contribution in [0.4, 0.5) is 0 Å². The molecule has 2 rings (SSSR count). The Hall–Kier alpha value is -0.660. The number of sulfonamides is 1. The molecule has 2 N–H and O–H groups in total. The van der Waals surface area contributed by atoms with E-state index in [1.807, 2.05) is 0 Å². The van der Waals surface area contributed by atoms with Crippen molar-refractivity contribution in [2.24, 2.45) is 5.92 Å². The molecule has 19 heavy (non-hydrogen) atoms. The van der Waals surface area contributed by atoms with Crippen LogP contribution in [0, 0.1) is 5.92 Å². The SMILES string of the molecule is CCS(=O)(=O)N1CCCC(C(=O)NC2CC(O)C2)C1. The van der Waals surface area contributed by atoms with Gasteiger partial charge in [-0.3, -0.25) is 4.79 Å². The van der Waals surface area contributed by atoms with Gasteiger partial charge in [-0.1, -0.05) is 0 Å². The molecule has 1 aliphatic carbocycles.